The Morgan fingerprint density at radius 1 is 1.36 bits per heavy atom. The van der Waals surface area contributed by atoms with Gasteiger partial charge in [-0.05, 0) is 18.6 Å². The molecule has 1 heterocycles. The molecule has 122 valence electrons. The molecule has 0 unspecified atom stereocenters. The van der Waals surface area contributed by atoms with Crippen LogP contribution in [0.1, 0.15) is 25.6 Å². The number of unbranched alkanes of at least 4 members (excludes halogenated alkanes) is 1. The summed E-state index contributed by atoms with van der Waals surface area (Å²) in [5.41, 5.74) is 2.19. The second-order valence-corrected chi connectivity index (χ2v) is 5.25. The molecular weight excluding hydrogens is 389 g/mol. The Kier molecular flexibility index (Phi) is 7.64. The first-order valence-corrected chi connectivity index (χ1v) is 7.49. The van der Waals surface area contributed by atoms with Crippen LogP contribution in [-0.2, 0) is 13.6 Å². The van der Waals surface area contributed by atoms with E-state index in [0.29, 0.717) is 6.54 Å². The molecule has 0 amide bonds. The number of hydrogen-bond acceptors (Lipinski definition) is 2. The van der Waals surface area contributed by atoms with Gasteiger partial charge in [0.1, 0.15) is 5.82 Å². The first-order chi connectivity index (χ1) is 10.2. The van der Waals surface area contributed by atoms with Crippen molar-refractivity contribution in [2.45, 2.75) is 26.3 Å². The van der Waals surface area contributed by atoms with Crippen LogP contribution in [0.15, 0.2) is 29.3 Å². The van der Waals surface area contributed by atoms with Crippen molar-refractivity contribution >= 4 is 41.0 Å². The molecule has 0 aliphatic heterocycles. The van der Waals surface area contributed by atoms with Crippen molar-refractivity contribution in [2.24, 2.45) is 12.0 Å². The van der Waals surface area contributed by atoms with Gasteiger partial charge in [0.05, 0.1) is 17.6 Å². The molecule has 1 aromatic carbocycles. The normalized spacial score (nSPS) is 11.4. The smallest absolute Gasteiger partial charge is 0.193 e. The number of para-hydroxylation sites is 2. The molecule has 0 aliphatic carbocycles. The average molecular weight is 415 g/mol. The van der Waals surface area contributed by atoms with Crippen molar-refractivity contribution in [1.29, 1.82) is 0 Å². The molecule has 1 aromatic heterocycles. The van der Waals surface area contributed by atoms with Gasteiger partial charge >= 0.3 is 0 Å². The SMILES string of the molecule is CCCCN(C)C(=NC)NCc1nc2ccccc2n1C.I. The van der Waals surface area contributed by atoms with Crippen molar-refractivity contribution in [3.63, 3.8) is 0 Å². The molecule has 0 fully saturated rings. The van der Waals surface area contributed by atoms with E-state index < -0.39 is 0 Å². The molecule has 22 heavy (non-hydrogen) atoms. The monoisotopic (exact) mass is 415 g/mol. The minimum Gasteiger partial charge on any atom is -0.349 e. The Hall–Kier alpha value is -1.31. The fourth-order valence-corrected chi connectivity index (χ4v) is 2.40. The van der Waals surface area contributed by atoms with Crippen molar-refractivity contribution < 1.29 is 0 Å². The summed E-state index contributed by atoms with van der Waals surface area (Å²) in [6.45, 7) is 3.89. The lowest BCUT2D eigenvalue weighted by molar-refractivity contribution is 0.463. The number of aryl methyl sites for hydroxylation is 1. The van der Waals surface area contributed by atoms with Gasteiger partial charge in [0.15, 0.2) is 5.96 Å². The molecule has 0 radical (unpaired) electrons. The molecule has 0 saturated carbocycles. The van der Waals surface area contributed by atoms with Gasteiger partial charge in [0.2, 0.25) is 0 Å². The zero-order chi connectivity index (χ0) is 15.2. The predicted octanol–water partition coefficient (Wildman–Crippen LogP) is 3.00. The highest BCUT2D eigenvalue weighted by molar-refractivity contribution is 14.0. The largest absolute Gasteiger partial charge is 0.349 e. The van der Waals surface area contributed by atoms with E-state index >= 15 is 0 Å². The van der Waals surface area contributed by atoms with Crippen molar-refractivity contribution in [2.75, 3.05) is 20.6 Å². The zero-order valence-corrected chi connectivity index (χ0v) is 16.2. The molecule has 0 aliphatic rings. The number of aliphatic imine (C=N–C) groups is 1. The van der Waals surface area contributed by atoms with Crippen LogP contribution in [0.2, 0.25) is 0 Å². The van der Waals surface area contributed by atoms with Gasteiger partial charge in [-0.25, -0.2) is 4.98 Å². The molecule has 1 N–H and O–H groups in total. The van der Waals surface area contributed by atoms with Gasteiger partial charge in [0, 0.05) is 27.7 Å². The quantitative estimate of drug-likeness (QED) is 0.464. The number of benzene rings is 1. The van der Waals surface area contributed by atoms with Crippen molar-refractivity contribution in [3.05, 3.63) is 30.1 Å². The summed E-state index contributed by atoms with van der Waals surface area (Å²) >= 11 is 0. The van der Waals surface area contributed by atoms with Crippen LogP contribution in [0.4, 0.5) is 0 Å². The highest BCUT2D eigenvalue weighted by Gasteiger charge is 2.09. The third-order valence-corrected chi connectivity index (χ3v) is 3.70. The lowest BCUT2D eigenvalue weighted by atomic mass is 10.3. The van der Waals surface area contributed by atoms with E-state index in [1.165, 1.54) is 12.8 Å². The third-order valence-electron chi connectivity index (χ3n) is 3.70. The molecule has 5 nitrogen and oxygen atoms in total. The van der Waals surface area contributed by atoms with Crippen LogP contribution in [0.25, 0.3) is 11.0 Å². The average Bonchev–Trinajstić information content (AvgIpc) is 2.82. The zero-order valence-electron chi connectivity index (χ0n) is 13.8. The maximum Gasteiger partial charge on any atom is 0.193 e. The number of aromatic nitrogens is 2. The first-order valence-electron chi connectivity index (χ1n) is 7.49. The Bertz CT molecular complexity index is 620. The molecule has 6 heteroatoms. The summed E-state index contributed by atoms with van der Waals surface area (Å²) < 4.78 is 2.13. The van der Waals surface area contributed by atoms with E-state index in [1.807, 2.05) is 25.2 Å². The number of guanidine groups is 1. The minimum atomic E-state index is 0. The summed E-state index contributed by atoms with van der Waals surface area (Å²) in [7, 11) is 5.94. The van der Waals surface area contributed by atoms with Gasteiger partial charge < -0.3 is 14.8 Å². The summed E-state index contributed by atoms with van der Waals surface area (Å²) in [5.74, 6) is 1.93. The van der Waals surface area contributed by atoms with Gasteiger partial charge in [-0.3, -0.25) is 4.99 Å². The fourth-order valence-electron chi connectivity index (χ4n) is 2.40. The number of halogens is 1. The van der Waals surface area contributed by atoms with E-state index in [0.717, 1.165) is 29.4 Å². The van der Waals surface area contributed by atoms with Crippen LogP contribution < -0.4 is 5.32 Å². The van der Waals surface area contributed by atoms with E-state index in [2.05, 4.69) is 51.8 Å². The topological polar surface area (TPSA) is 45.4 Å². The Balaban J connectivity index is 0.00000242. The van der Waals surface area contributed by atoms with Crippen LogP contribution in [0.3, 0.4) is 0 Å². The number of nitrogens with one attached hydrogen (secondary N) is 1. The van der Waals surface area contributed by atoms with Crippen LogP contribution >= 0.6 is 24.0 Å². The van der Waals surface area contributed by atoms with Crippen LogP contribution in [0.5, 0.6) is 0 Å². The second-order valence-electron chi connectivity index (χ2n) is 5.25. The minimum absolute atomic E-state index is 0. The molecular formula is C16H26IN5. The Morgan fingerprint density at radius 3 is 2.73 bits per heavy atom. The number of nitrogens with zero attached hydrogens (tertiary/aromatic N) is 4. The molecule has 2 rings (SSSR count). The van der Waals surface area contributed by atoms with E-state index in [9.17, 15) is 0 Å². The van der Waals surface area contributed by atoms with Crippen LogP contribution in [-0.4, -0.2) is 41.1 Å². The molecule has 2 aromatic rings. The number of imidazole rings is 1. The summed E-state index contributed by atoms with van der Waals surface area (Å²) in [6, 6.07) is 8.19. The van der Waals surface area contributed by atoms with Crippen LogP contribution in [0, 0.1) is 0 Å². The number of fused-ring (bicyclic) bond motifs is 1. The summed E-state index contributed by atoms with van der Waals surface area (Å²) in [4.78, 5) is 11.2. The second kappa shape index (κ2) is 8.97. The molecule has 0 spiro atoms. The van der Waals surface area contributed by atoms with E-state index in [4.69, 9.17) is 0 Å². The highest BCUT2D eigenvalue weighted by atomic mass is 127. The maximum absolute atomic E-state index is 4.67. The fraction of sp³-hybridized carbons (Fsp3) is 0.500. The lowest BCUT2D eigenvalue weighted by Gasteiger charge is -2.21. The predicted molar refractivity (Wildman–Crippen MR) is 104 cm³/mol. The summed E-state index contributed by atoms with van der Waals surface area (Å²) in [6.07, 6.45) is 2.36. The highest BCUT2D eigenvalue weighted by Crippen LogP contribution is 2.13. The van der Waals surface area contributed by atoms with E-state index in [1.54, 1.807) is 0 Å². The lowest BCUT2D eigenvalue weighted by Crippen LogP contribution is -2.39. The first kappa shape index (κ1) is 18.7. The maximum atomic E-state index is 4.67. The Labute approximate surface area is 149 Å². The van der Waals surface area contributed by atoms with Gasteiger partial charge in [0.25, 0.3) is 0 Å². The molecule has 0 bridgehead atoms. The van der Waals surface area contributed by atoms with Crippen molar-refractivity contribution in [1.82, 2.24) is 19.8 Å². The van der Waals surface area contributed by atoms with Crippen molar-refractivity contribution in [3.8, 4) is 0 Å². The van der Waals surface area contributed by atoms with Gasteiger partial charge in [-0.2, -0.15) is 0 Å². The summed E-state index contributed by atoms with van der Waals surface area (Å²) in [5, 5.41) is 3.39. The standard InChI is InChI=1S/C16H25N5.HI/c1-5-6-11-20(3)16(17-2)18-12-15-19-13-9-7-8-10-14(13)21(15)4;/h7-10H,5-6,11-12H2,1-4H3,(H,17,18);1H. The Morgan fingerprint density at radius 2 is 2.09 bits per heavy atom. The molecule has 0 atom stereocenters. The van der Waals surface area contributed by atoms with Gasteiger partial charge in [-0.15, -0.1) is 24.0 Å². The third kappa shape index (κ3) is 4.34. The van der Waals surface area contributed by atoms with Gasteiger partial charge in [-0.1, -0.05) is 25.5 Å². The molecule has 0 saturated heterocycles. The number of rotatable bonds is 5. The number of hydrogen-bond donors (Lipinski definition) is 1. The van der Waals surface area contributed by atoms with E-state index in [-0.39, 0.29) is 24.0 Å².